The maximum Gasteiger partial charge on any atom is 0.417 e. The maximum atomic E-state index is 12.9. The van der Waals surface area contributed by atoms with Crippen LogP contribution in [0.5, 0.6) is 0 Å². The summed E-state index contributed by atoms with van der Waals surface area (Å²) in [7, 11) is 0. The van der Waals surface area contributed by atoms with Gasteiger partial charge in [0.15, 0.2) is 0 Å². The quantitative estimate of drug-likeness (QED) is 0.855. The van der Waals surface area contributed by atoms with Crippen LogP contribution in [0.3, 0.4) is 0 Å². The van der Waals surface area contributed by atoms with Crippen LogP contribution in [0.1, 0.15) is 23.2 Å². The van der Waals surface area contributed by atoms with Crippen molar-refractivity contribution >= 4 is 21.7 Å². The minimum absolute atomic E-state index is 0.0190. The first-order valence-electron chi connectivity index (χ1n) is 6.11. The zero-order valence-electron chi connectivity index (χ0n) is 10.3. The molecule has 3 nitrogen and oxygen atoms in total. The van der Waals surface area contributed by atoms with E-state index in [1.165, 1.54) is 10.7 Å². The Morgan fingerprint density at radius 1 is 1.25 bits per heavy atom. The van der Waals surface area contributed by atoms with E-state index in [1.807, 2.05) is 0 Å². The van der Waals surface area contributed by atoms with Crippen molar-refractivity contribution in [3.8, 4) is 5.69 Å². The zero-order valence-corrected chi connectivity index (χ0v) is 11.9. The molecule has 1 aliphatic carbocycles. The first kappa shape index (κ1) is 13.5. The van der Waals surface area contributed by atoms with E-state index >= 15 is 0 Å². The van der Waals surface area contributed by atoms with Crippen LogP contribution in [0.15, 0.2) is 22.7 Å². The van der Waals surface area contributed by atoms with E-state index in [9.17, 15) is 13.2 Å². The van der Waals surface area contributed by atoms with Gasteiger partial charge in [-0.05, 0) is 37.5 Å². The van der Waals surface area contributed by atoms with Gasteiger partial charge in [-0.2, -0.15) is 18.3 Å². The minimum Gasteiger partial charge on any atom is -0.382 e. The van der Waals surface area contributed by atoms with E-state index in [2.05, 4.69) is 21.0 Å². The summed E-state index contributed by atoms with van der Waals surface area (Å²) in [5, 5.41) is 4.17. The van der Waals surface area contributed by atoms with Crippen molar-refractivity contribution in [1.82, 2.24) is 9.78 Å². The van der Waals surface area contributed by atoms with Gasteiger partial charge in [0.1, 0.15) is 5.82 Å². The van der Waals surface area contributed by atoms with Crippen LogP contribution in [-0.2, 0) is 19.0 Å². The SMILES string of the molecule is Nc1nn(-c2ccc(Br)c(C(F)(F)F)c2)c2c1CCC2. The second-order valence-electron chi connectivity index (χ2n) is 4.74. The van der Waals surface area contributed by atoms with Crippen LogP contribution >= 0.6 is 15.9 Å². The first-order valence-corrected chi connectivity index (χ1v) is 6.90. The molecule has 0 aliphatic heterocycles. The van der Waals surface area contributed by atoms with Gasteiger partial charge in [-0.3, -0.25) is 0 Å². The summed E-state index contributed by atoms with van der Waals surface area (Å²) < 4.78 is 40.4. The van der Waals surface area contributed by atoms with Crippen molar-refractivity contribution in [1.29, 1.82) is 0 Å². The lowest BCUT2D eigenvalue weighted by atomic mass is 10.2. The summed E-state index contributed by atoms with van der Waals surface area (Å²) in [4.78, 5) is 0. The van der Waals surface area contributed by atoms with Crippen LogP contribution in [0.2, 0.25) is 0 Å². The van der Waals surface area contributed by atoms with Crippen molar-refractivity contribution in [3.63, 3.8) is 0 Å². The van der Waals surface area contributed by atoms with E-state index in [4.69, 9.17) is 5.73 Å². The minimum atomic E-state index is -4.41. The zero-order chi connectivity index (χ0) is 14.5. The van der Waals surface area contributed by atoms with Crippen molar-refractivity contribution in [2.24, 2.45) is 0 Å². The van der Waals surface area contributed by atoms with Crippen molar-refractivity contribution < 1.29 is 13.2 Å². The Balaban J connectivity index is 2.15. The molecule has 0 spiro atoms. The number of anilines is 1. The highest BCUT2D eigenvalue weighted by Crippen LogP contribution is 2.37. The van der Waals surface area contributed by atoms with Gasteiger partial charge < -0.3 is 5.73 Å². The summed E-state index contributed by atoms with van der Waals surface area (Å²) in [6.45, 7) is 0. The topological polar surface area (TPSA) is 43.8 Å². The number of aromatic nitrogens is 2. The molecule has 20 heavy (non-hydrogen) atoms. The Morgan fingerprint density at radius 3 is 2.70 bits per heavy atom. The van der Waals surface area contributed by atoms with Crippen molar-refractivity contribution in [2.75, 3.05) is 5.73 Å². The molecule has 106 valence electrons. The summed E-state index contributed by atoms with van der Waals surface area (Å²) in [6, 6.07) is 4.08. The number of nitrogens with zero attached hydrogens (tertiary/aromatic N) is 2. The predicted molar refractivity (Wildman–Crippen MR) is 72.7 cm³/mol. The molecule has 7 heteroatoms. The molecule has 0 unspecified atom stereocenters. The summed E-state index contributed by atoms with van der Waals surface area (Å²) >= 11 is 2.93. The van der Waals surface area contributed by atoms with Crippen molar-refractivity contribution in [2.45, 2.75) is 25.4 Å². The lowest BCUT2D eigenvalue weighted by molar-refractivity contribution is -0.138. The number of nitrogen functional groups attached to an aromatic ring is 1. The van der Waals surface area contributed by atoms with Crippen LogP contribution < -0.4 is 5.73 Å². The van der Waals surface area contributed by atoms with Gasteiger partial charge in [-0.1, -0.05) is 15.9 Å². The Morgan fingerprint density at radius 2 is 2.00 bits per heavy atom. The van der Waals surface area contributed by atoms with E-state index in [1.54, 1.807) is 6.07 Å². The first-order chi connectivity index (χ1) is 9.38. The number of fused-ring (bicyclic) bond motifs is 1. The van der Waals surface area contributed by atoms with E-state index < -0.39 is 11.7 Å². The van der Waals surface area contributed by atoms with E-state index in [0.29, 0.717) is 11.5 Å². The largest absolute Gasteiger partial charge is 0.417 e. The highest BCUT2D eigenvalue weighted by molar-refractivity contribution is 9.10. The van der Waals surface area contributed by atoms with E-state index in [-0.39, 0.29) is 4.47 Å². The summed E-state index contributed by atoms with van der Waals surface area (Å²) in [6.07, 6.45) is -1.82. The molecular formula is C13H11BrF3N3. The second-order valence-corrected chi connectivity index (χ2v) is 5.59. The number of alkyl halides is 3. The lowest BCUT2D eigenvalue weighted by Crippen LogP contribution is -2.09. The molecule has 1 heterocycles. The molecule has 0 saturated heterocycles. The molecule has 2 aromatic rings. The van der Waals surface area contributed by atoms with Gasteiger partial charge in [0, 0.05) is 15.7 Å². The Bertz CT molecular complexity index is 676. The third kappa shape index (κ3) is 2.09. The fourth-order valence-corrected chi connectivity index (χ4v) is 3.01. The fraction of sp³-hybridized carbons (Fsp3) is 0.308. The number of benzene rings is 1. The molecule has 1 aliphatic rings. The number of hydrogen-bond donors (Lipinski definition) is 1. The second kappa shape index (κ2) is 4.51. The molecule has 1 aromatic heterocycles. The number of nitrogens with two attached hydrogens (primary N) is 1. The summed E-state index contributed by atoms with van der Waals surface area (Å²) in [5.74, 6) is 0.411. The predicted octanol–water partition coefficient (Wildman–Crippen LogP) is 3.72. The van der Waals surface area contributed by atoms with Gasteiger partial charge in [-0.15, -0.1) is 0 Å². The Labute approximate surface area is 121 Å². The number of rotatable bonds is 1. The molecule has 2 N–H and O–H groups in total. The highest BCUT2D eigenvalue weighted by atomic mass is 79.9. The molecule has 0 saturated carbocycles. The molecule has 0 atom stereocenters. The third-order valence-corrected chi connectivity index (χ3v) is 4.15. The molecule has 0 bridgehead atoms. The van der Waals surface area contributed by atoms with Crippen LogP contribution in [-0.4, -0.2) is 9.78 Å². The van der Waals surface area contributed by atoms with Crippen LogP contribution in [0.25, 0.3) is 5.69 Å². The Hall–Kier alpha value is -1.50. The fourth-order valence-electron chi connectivity index (χ4n) is 2.54. The molecule has 0 amide bonds. The monoisotopic (exact) mass is 345 g/mol. The van der Waals surface area contributed by atoms with Gasteiger partial charge in [0.05, 0.1) is 11.3 Å². The molecule has 3 rings (SSSR count). The lowest BCUT2D eigenvalue weighted by Gasteiger charge is -2.12. The van der Waals surface area contributed by atoms with Crippen LogP contribution in [0, 0.1) is 0 Å². The maximum absolute atomic E-state index is 12.9. The molecule has 1 aromatic carbocycles. The van der Waals surface area contributed by atoms with Crippen molar-refractivity contribution in [3.05, 3.63) is 39.5 Å². The van der Waals surface area contributed by atoms with Gasteiger partial charge in [-0.25, -0.2) is 4.68 Å². The number of hydrogen-bond acceptors (Lipinski definition) is 2. The third-order valence-electron chi connectivity index (χ3n) is 3.46. The van der Waals surface area contributed by atoms with Gasteiger partial charge in [0.25, 0.3) is 0 Å². The van der Waals surface area contributed by atoms with Gasteiger partial charge in [0.2, 0.25) is 0 Å². The summed E-state index contributed by atoms with van der Waals surface area (Å²) in [5.41, 5.74) is 7.37. The van der Waals surface area contributed by atoms with Gasteiger partial charge >= 0.3 is 6.18 Å². The molecule has 0 radical (unpaired) electrons. The molecular weight excluding hydrogens is 335 g/mol. The average molecular weight is 346 g/mol. The highest BCUT2D eigenvalue weighted by Gasteiger charge is 2.33. The average Bonchev–Trinajstić information content (AvgIpc) is 2.93. The van der Waals surface area contributed by atoms with Crippen LogP contribution in [0.4, 0.5) is 19.0 Å². The number of halogens is 4. The molecule has 0 fully saturated rings. The Kier molecular flexibility index (Phi) is 3.04. The normalized spacial score (nSPS) is 14.6. The smallest absolute Gasteiger partial charge is 0.382 e. The van der Waals surface area contributed by atoms with E-state index in [0.717, 1.165) is 36.6 Å². The standard InChI is InChI=1S/C13H11BrF3N3/c14-10-5-4-7(6-9(10)13(15,16)17)20-11-3-1-2-8(11)12(18)19-20/h4-6H,1-3H2,(H2,18,19).